The highest BCUT2D eigenvalue weighted by Gasteiger charge is 2.23. The van der Waals surface area contributed by atoms with Crippen molar-refractivity contribution >= 4 is 33.3 Å². The van der Waals surface area contributed by atoms with Crippen LogP contribution in [0.5, 0.6) is 5.75 Å². The normalized spacial score (nSPS) is 11.1. The molecule has 0 atom stereocenters. The van der Waals surface area contributed by atoms with Crippen molar-refractivity contribution in [2.75, 3.05) is 19.4 Å². The molecule has 1 aromatic heterocycles. The number of para-hydroxylation sites is 1. The lowest BCUT2D eigenvalue weighted by molar-refractivity contribution is -0.617. The number of nitrogen functional groups attached to an aromatic ring is 1. The molecule has 4 rings (SSSR count). The molecule has 0 bridgehead atoms. The second kappa shape index (κ2) is 7.53. The first-order chi connectivity index (χ1) is 14.1. The average Bonchev–Trinajstić information content (AvgIpc) is 2.75. The Morgan fingerprint density at radius 2 is 1.79 bits per heavy atom. The number of hydrogen-bond acceptors (Lipinski definition) is 4. The van der Waals surface area contributed by atoms with Gasteiger partial charge in [0.05, 0.1) is 23.6 Å². The molecule has 1 heterocycles. The standard InChI is InChI=1S/C24H23N3O2/c1-27-19-8-4-3-6-16(19)23(15-10-11-18(26)22(14-15)29-2)24-17(21(28)12-13-25)7-5-9-20(24)27/h3-11,14,26H,12-13,25H2,1-2H3/p+1. The van der Waals surface area contributed by atoms with Gasteiger partial charge in [-0.15, -0.1) is 0 Å². The number of aromatic nitrogens is 1. The van der Waals surface area contributed by atoms with Crippen LogP contribution in [0, 0.1) is 0 Å². The molecule has 0 radical (unpaired) electrons. The van der Waals surface area contributed by atoms with Gasteiger partial charge in [0.15, 0.2) is 5.78 Å². The third-order valence-corrected chi connectivity index (χ3v) is 5.38. The molecular formula is C24H24N3O2+. The van der Waals surface area contributed by atoms with Gasteiger partial charge >= 0.3 is 0 Å². The topological polar surface area (TPSA) is 82.2 Å². The molecule has 0 aliphatic carbocycles. The number of ketones is 1. The molecule has 146 valence electrons. The summed E-state index contributed by atoms with van der Waals surface area (Å²) in [6.07, 6.45) is 0.306. The van der Waals surface area contributed by atoms with Crippen molar-refractivity contribution in [2.45, 2.75) is 6.42 Å². The second-order valence-corrected chi connectivity index (χ2v) is 7.07. The van der Waals surface area contributed by atoms with Crippen LogP contribution in [0.1, 0.15) is 16.8 Å². The molecule has 4 N–H and O–H groups in total. The van der Waals surface area contributed by atoms with Crippen LogP contribution < -0.4 is 20.8 Å². The number of rotatable bonds is 5. The predicted molar refractivity (Wildman–Crippen MR) is 117 cm³/mol. The van der Waals surface area contributed by atoms with Crippen molar-refractivity contribution in [1.29, 1.82) is 0 Å². The number of carbonyl (C=O) groups is 1. The third-order valence-electron chi connectivity index (χ3n) is 5.38. The fourth-order valence-electron chi connectivity index (χ4n) is 3.99. The zero-order chi connectivity index (χ0) is 20.5. The molecule has 0 amide bonds. The molecule has 3 aromatic carbocycles. The number of hydrogen-bond donors (Lipinski definition) is 2. The summed E-state index contributed by atoms with van der Waals surface area (Å²) < 4.78 is 7.58. The maximum Gasteiger partial charge on any atom is 0.214 e. The molecule has 4 aromatic rings. The van der Waals surface area contributed by atoms with Crippen LogP contribution >= 0.6 is 0 Å². The maximum atomic E-state index is 12.9. The molecule has 5 heteroatoms. The van der Waals surface area contributed by atoms with Gasteiger partial charge in [-0.3, -0.25) is 4.79 Å². The Bertz CT molecular complexity index is 1250. The van der Waals surface area contributed by atoms with E-state index in [2.05, 4.69) is 16.7 Å². The fraction of sp³-hybridized carbons (Fsp3) is 0.167. The first kappa shape index (κ1) is 18.9. The number of anilines is 1. The number of benzene rings is 3. The summed E-state index contributed by atoms with van der Waals surface area (Å²) in [5.41, 5.74) is 17.0. The number of ether oxygens (including phenoxy) is 1. The number of methoxy groups -OCH3 is 1. The summed E-state index contributed by atoms with van der Waals surface area (Å²) in [5, 5.41) is 1.97. The van der Waals surface area contributed by atoms with Crippen LogP contribution in [0.25, 0.3) is 32.9 Å². The van der Waals surface area contributed by atoms with E-state index in [-0.39, 0.29) is 5.78 Å². The summed E-state index contributed by atoms with van der Waals surface area (Å²) >= 11 is 0. The van der Waals surface area contributed by atoms with Gasteiger partial charge in [0.2, 0.25) is 11.0 Å². The molecule has 0 saturated heterocycles. The molecule has 5 nitrogen and oxygen atoms in total. The summed E-state index contributed by atoms with van der Waals surface area (Å²) in [6, 6.07) is 19.8. The van der Waals surface area contributed by atoms with Gasteiger partial charge in [-0.05, 0) is 30.3 Å². The highest BCUT2D eigenvalue weighted by atomic mass is 16.5. The van der Waals surface area contributed by atoms with Gasteiger partial charge in [0.1, 0.15) is 12.8 Å². The van der Waals surface area contributed by atoms with Crippen molar-refractivity contribution in [1.82, 2.24) is 0 Å². The van der Waals surface area contributed by atoms with Gasteiger partial charge in [0.25, 0.3) is 0 Å². The van der Waals surface area contributed by atoms with Crippen LogP contribution in [0.3, 0.4) is 0 Å². The van der Waals surface area contributed by atoms with E-state index < -0.39 is 0 Å². The number of fused-ring (bicyclic) bond motifs is 2. The minimum absolute atomic E-state index is 0.0389. The molecule has 0 fully saturated rings. The molecular weight excluding hydrogens is 362 g/mol. The number of nitrogens with two attached hydrogens (primary N) is 2. The lowest BCUT2D eigenvalue weighted by Gasteiger charge is -2.15. The number of pyridine rings is 1. The van der Waals surface area contributed by atoms with Gasteiger partial charge in [-0.1, -0.05) is 30.3 Å². The van der Waals surface area contributed by atoms with Crippen LogP contribution in [0.2, 0.25) is 0 Å². The van der Waals surface area contributed by atoms with E-state index in [1.807, 2.05) is 55.6 Å². The van der Waals surface area contributed by atoms with Crippen molar-refractivity contribution in [2.24, 2.45) is 12.8 Å². The van der Waals surface area contributed by atoms with Crippen molar-refractivity contribution in [3.05, 3.63) is 66.2 Å². The van der Waals surface area contributed by atoms with Crippen LogP contribution in [0.4, 0.5) is 5.69 Å². The van der Waals surface area contributed by atoms with E-state index in [9.17, 15) is 4.79 Å². The Morgan fingerprint density at radius 3 is 2.55 bits per heavy atom. The zero-order valence-electron chi connectivity index (χ0n) is 16.6. The minimum Gasteiger partial charge on any atom is -0.495 e. The number of nitrogens with zero attached hydrogens (tertiary/aromatic N) is 1. The largest absolute Gasteiger partial charge is 0.495 e. The third kappa shape index (κ3) is 3.09. The fourth-order valence-corrected chi connectivity index (χ4v) is 3.99. The highest BCUT2D eigenvalue weighted by molar-refractivity contribution is 6.16. The molecule has 0 unspecified atom stereocenters. The second-order valence-electron chi connectivity index (χ2n) is 7.07. The van der Waals surface area contributed by atoms with Crippen LogP contribution in [-0.2, 0) is 7.05 Å². The van der Waals surface area contributed by atoms with Crippen molar-refractivity contribution in [3.63, 3.8) is 0 Å². The van der Waals surface area contributed by atoms with Gasteiger partial charge in [-0.25, -0.2) is 0 Å². The lowest BCUT2D eigenvalue weighted by atomic mass is 9.91. The summed E-state index contributed by atoms with van der Waals surface area (Å²) in [6.45, 7) is 0.319. The predicted octanol–water partition coefficient (Wildman–Crippen LogP) is 3.61. The minimum atomic E-state index is 0.0389. The quantitative estimate of drug-likeness (QED) is 0.238. The average molecular weight is 386 g/mol. The van der Waals surface area contributed by atoms with E-state index in [0.717, 1.165) is 32.9 Å². The smallest absolute Gasteiger partial charge is 0.214 e. The first-order valence-corrected chi connectivity index (χ1v) is 9.57. The van der Waals surface area contributed by atoms with E-state index >= 15 is 0 Å². The Labute approximate surface area is 169 Å². The number of aryl methyl sites for hydroxylation is 1. The summed E-state index contributed by atoms with van der Waals surface area (Å²) in [7, 11) is 3.63. The summed E-state index contributed by atoms with van der Waals surface area (Å²) in [4.78, 5) is 12.9. The number of Topliss-reactive ketones (excluding diaryl/α,β-unsaturated/α-hetero) is 1. The maximum absolute atomic E-state index is 12.9. The molecule has 0 aliphatic rings. The van der Waals surface area contributed by atoms with Crippen LogP contribution in [0.15, 0.2) is 60.7 Å². The van der Waals surface area contributed by atoms with Crippen molar-refractivity contribution in [3.8, 4) is 16.9 Å². The molecule has 0 saturated carbocycles. The highest BCUT2D eigenvalue weighted by Crippen LogP contribution is 2.38. The van der Waals surface area contributed by atoms with E-state index in [1.54, 1.807) is 7.11 Å². The number of carbonyl (C=O) groups excluding carboxylic acids is 1. The Hall–Kier alpha value is -3.44. The SMILES string of the molecule is COc1cc(-c2c3ccccc3[n+](C)c3cccc(C(=O)CCN)c23)ccc1N. The lowest BCUT2D eigenvalue weighted by Crippen LogP contribution is -2.31. The van der Waals surface area contributed by atoms with E-state index in [0.29, 0.717) is 30.0 Å². The Kier molecular flexibility index (Phi) is 4.91. The van der Waals surface area contributed by atoms with E-state index in [4.69, 9.17) is 16.2 Å². The molecule has 0 aliphatic heterocycles. The molecule has 29 heavy (non-hydrogen) atoms. The van der Waals surface area contributed by atoms with Crippen molar-refractivity contribution < 1.29 is 14.1 Å². The van der Waals surface area contributed by atoms with Crippen LogP contribution in [-0.4, -0.2) is 19.4 Å². The van der Waals surface area contributed by atoms with Gasteiger partial charge < -0.3 is 16.2 Å². The van der Waals surface area contributed by atoms with E-state index in [1.165, 1.54) is 0 Å². The zero-order valence-corrected chi connectivity index (χ0v) is 16.6. The molecule has 0 spiro atoms. The van der Waals surface area contributed by atoms with Gasteiger partial charge in [0, 0.05) is 29.7 Å². The monoisotopic (exact) mass is 386 g/mol. The summed E-state index contributed by atoms with van der Waals surface area (Å²) in [5.74, 6) is 0.649. The first-order valence-electron chi connectivity index (χ1n) is 9.57. The Balaban J connectivity index is 2.20. The Morgan fingerprint density at radius 1 is 1.03 bits per heavy atom. The van der Waals surface area contributed by atoms with Gasteiger partial charge in [-0.2, -0.15) is 4.57 Å².